The first-order valence-corrected chi connectivity index (χ1v) is 17.9. The molecule has 2 aliphatic heterocycles. The number of rotatable bonds is 13. The van der Waals surface area contributed by atoms with Gasteiger partial charge in [0, 0.05) is 39.1 Å². The molecule has 2 aromatic carbocycles. The van der Waals surface area contributed by atoms with Crippen molar-refractivity contribution in [2.45, 2.75) is 77.7 Å². The maximum Gasteiger partial charge on any atom is 0.179 e. The first-order chi connectivity index (χ1) is 21.3. The van der Waals surface area contributed by atoms with E-state index in [0.717, 1.165) is 39.3 Å². The summed E-state index contributed by atoms with van der Waals surface area (Å²) in [6.45, 7) is 5.73. The SMILES string of the molecule is CCCCCCCCCCCCn1c2ccc(-c3scc4c3OCCO4)cc2c2cc(-c3scc4c3OCCO4)ccc21. The molecule has 43 heavy (non-hydrogen) atoms. The zero-order valence-corrected chi connectivity index (χ0v) is 26.8. The molecule has 0 saturated heterocycles. The standard InChI is InChI=1S/C36H41NO4S2/c1-2-3-4-5-6-7-8-9-10-11-16-37-29-14-12-25(35-33-31(23-42-35)38-17-19-40-33)21-27(29)28-22-26(13-15-30(28)37)36-34-32(24-43-36)39-18-20-41-34/h12-15,21-24H,2-11,16-20H2,1H3. The van der Waals surface area contributed by atoms with E-state index >= 15 is 0 Å². The maximum absolute atomic E-state index is 6.05. The molecule has 0 bridgehead atoms. The summed E-state index contributed by atoms with van der Waals surface area (Å²) in [7, 11) is 0. The second-order valence-corrected chi connectivity index (χ2v) is 13.5. The van der Waals surface area contributed by atoms with E-state index in [1.165, 1.54) is 97.1 Å². The lowest BCUT2D eigenvalue weighted by Gasteiger charge is -2.16. The van der Waals surface area contributed by atoms with Crippen molar-refractivity contribution in [3.05, 3.63) is 47.2 Å². The molecule has 0 unspecified atom stereocenters. The van der Waals surface area contributed by atoms with Crippen molar-refractivity contribution < 1.29 is 18.9 Å². The van der Waals surface area contributed by atoms with Gasteiger partial charge < -0.3 is 23.5 Å². The fourth-order valence-corrected chi connectivity index (χ4v) is 8.37. The molecule has 7 rings (SSSR count). The minimum absolute atomic E-state index is 0.595. The van der Waals surface area contributed by atoms with Crippen molar-refractivity contribution in [2.24, 2.45) is 0 Å². The van der Waals surface area contributed by atoms with E-state index in [4.69, 9.17) is 18.9 Å². The molecule has 7 heteroatoms. The van der Waals surface area contributed by atoms with Crippen LogP contribution in [0.3, 0.4) is 0 Å². The number of hydrogen-bond donors (Lipinski definition) is 0. The number of benzene rings is 2. The van der Waals surface area contributed by atoms with E-state index in [1.54, 1.807) is 22.7 Å². The Morgan fingerprint density at radius 3 is 1.56 bits per heavy atom. The lowest BCUT2D eigenvalue weighted by atomic mass is 10.1. The fourth-order valence-electron chi connectivity index (χ4n) is 6.51. The van der Waals surface area contributed by atoms with Gasteiger partial charge in [0.1, 0.15) is 26.4 Å². The second-order valence-electron chi connectivity index (χ2n) is 11.7. The van der Waals surface area contributed by atoms with Crippen LogP contribution >= 0.6 is 22.7 Å². The van der Waals surface area contributed by atoms with Gasteiger partial charge in [-0.15, -0.1) is 22.7 Å². The highest BCUT2D eigenvalue weighted by atomic mass is 32.1. The molecule has 5 aromatic rings. The molecular weight excluding hydrogens is 575 g/mol. The Hall–Kier alpha value is -3.16. The molecule has 0 aliphatic carbocycles. The lowest BCUT2D eigenvalue weighted by molar-refractivity contribution is 0.174. The van der Waals surface area contributed by atoms with Gasteiger partial charge in [-0.2, -0.15) is 0 Å². The third kappa shape index (κ3) is 5.86. The average Bonchev–Trinajstić information content (AvgIpc) is 3.76. The first kappa shape index (κ1) is 28.6. The van der Waals surface area contributed by atoms with Crippen LogP contribution in [-0.4, -0.2) is 31.0 Å². The van der Waals surface area contributed by atoms with Crippen molar-refractivity contribution in [1.29, 1.82) is 0 Å². The first-order valence-electron chi connectivity index (χ1n) is 16.1. The molecule has 0 fully saturated rings. The number of ether oxygens (including phenoxy) is 4. The quantitative estimate of drug-likeness (QED) is 0.124. The molecule has 0 amide bonds. The summed E-state index contributed by atoms with van der Waals surface area (Å²) < 4.78 is 26.3. The van der Waals surface area contributed by atoms with Crippen LogP contribution in [0.5, 0.6) is 23.0 Å². The zero-order chi connectivity index (χ0) is 29.0. The molecule has 226 valence electrons. The fraction of sp³-hybridized carbons (Fsp3) is 0.444. The molecule has 0 saturated carbocycles. The van der Waals surface area contributed by atoms with E-state index in [1.807, 2.05) is 0 Å². The summed E-state index contributed by atoms with van der Waals surface area (Å²) in [4.78, 5) is 2.28. The van der Waals surface area contributed by atoms with Crippen LogP contribution in [0.25, 0.3) is 42.7 Å². The smallest absolute Gasteiger partial charge is 0.179 e. The summed E-state index contributed by atoms with van der Waals surface area (Å²) in [6, 6.07) is 13.8. The van der Waals surface area contributed by atoms with Gasteiger partial charge in [-0.3, -0.25) is 0 Å². The Kier molecular flexibility index (Phi) is 8.80. The van der Waals surface area contributed by atoms with Gasteiger partial charge in [-0.05, 0) is 41.8 Å². The van der Waals surface area contributed by atoms with Gasteiger partial charge in [0.05, 0.1) is 9.75 Å². The minimum Gasteiger partial charge on any atom is -0.485 e. The van der Waals surface area contributed by atoms with E-state index in [-0.39, 0.29) is 0 Å². The Labute approximate surface area is 262 Å². The minimum atomic E-state index is 0.595. The number of aromatic nitrogens is 1. The van der Waals surface area contributed by atoms with Gasteiger partial charge in [0.25, 0.3) is 0 Å². The van der Waals surface area contributed by atoms with Gasteiger partial charge in [0.2, 0.25) is 0 Å². The summed E-state index contributed by atoms with van der Waals surface area (Å²) in [5.74, 6) is 3.49. The molecule has 2 aliphatic rings. The van der Waals surface area contributed by atoms with Crippen molar-refractivity contribution in [3.8, 4) is 43.9 Å². The van der Waals surface area contributed by atoms with E-state index < -0.39 is 0 Å². The molecule has 0 N–H and O–H groups in total. The molecule has 3 aromatic heterocycles. The Bertz CT molecular complexity index is 1590. The Balaban J connectivity index is 1.18. The average molecular weight is 616 g/mol. The number of unbranched alkanes of at least 4 members (excludes halogenated alkanes) is 9. The highest BCUT2D eigenvalue weighted by Crippen LogP contribution is 2.48. The maximum atomic E-state index is 6.05. The van der Waals surface area contributed by atoms with Crippen LogP contribution in [0.1, 0.15) is 71.1 Å². The highest BCUT2D eigenvalue weighted by molar-refractivity contribution is 7.14. The largest absolute Gasteiger partial charge is 0.485 e. The molecule has 0 radical (unpaired) electrons. The van der Waals surface area contributed by atoms with Crippen LogP contribution < -0.4 is 18.9 Å². The highest BCUT2D eigenvalue weighted by Gasteiger charge is 2.23. The van der Waals surface area contributed by atoms with Crippen LogP contribution in [0.4, 0.5) is 0 Å². The summed E-state index contributed by atoms with van der Waals surface area (Å²) >= 11 is 3.40. The van der Waals surface area contributed by atoms with Gasteiger partial charge in [-0.1, -0.05) is 76.8 Å². The number of fused-ring (bicyclic) bond motifs is 5. The lowest BCUT2D eigenvalue weighted by Crippen LogP contribution is -2.14. The molecular formula is C36H41NO4S2. The number of thiophene rings is 2. The number of hydrogen-bond acceptors (Lipinski definition) is 6. The number of nitrogens with zero attached hydrogens (tertiary/aromatic N) is 1. The molecule has 0 spiro atoms. The molecule has 5 heterocycles. The third-order valence-corrected chi connectivity index (χ3v) is 10.7. The Morgan fingerprint density at radius 2 is 1.05 bits per heavy atom. The second kappa shape index (κ2) is 13.2. The van der Waals surface area contributed by atoms with Gasteiger partial charge in [0.15, 0.2) is 23.0 Å². The normalized spacial score (nSPS) is 14.2. The molecule has 5 nitrogen and oxygen atoms in total. The van der Waals surface area contributed by atoms with E-state index in [9.17, 15) is 0 Å². The number of aryl methyl sites for hydroxylation is 1. The van der Waals surface area contributed by atoms with Crippen LogP contribution in [0, 0.1) is 0 Å². The monoisotopic (exact) mass is 615 g/mol. The van der Waals surface area contributed by atoms with Crippen molar-refractivity contribution in [3.63, 3.8) is 0 Å². The van der Waals surface area contributed by atoms with Crippen LogP contribution in [-0.2, 0) is 6.54 Å². The van der Waals surface area contributed by atoms with Crippen molar-refractivity contribution >= 4 is 44.5 Å². The van der Waals surface area contributed by atoms with Gasteiger partial charge in [-0.25, -0.2) is 0 Å². The Morgan fingerprint density at radius 1 is 0.581 bits per heavy atom. The van der Waals surface area contributed by atoms with Gasteiger partial charge >= 0.3 is 0 Å². The van der Waals surface area contributed by atoms with E-state index in [2.05, 4.69) is 58.6 Å². The topological polar surface area (TPSA) is 41.9 Å². The van der Waals surface area contributed by atoms with E-state index in [0.29, 0.717) is 26.4 Å². The zero-order valence-electron chi connectivity index (χ0n) is 25.1. The van der Waals surface area contributed by atoms with Crippen LogP contribution in [0.15, 0.2) is 47.2 Å². The predicted molar refractivity (Wildman–Crippen MR) is 180 cm³/mol. The third-order valence-electron chi connectivity index (χ3n) is 8.73. The summed E-state index contributed by atoms with van der Waals surface area (Å²) in [5, 5.41) is 6.71. The predicted octanol–water partition coefficient (Wildman–Crippen LogP) is 10.7. The van der Waals surface area contributed by atoms with Crippen molar-refractivity contribution in [2.75, 3.05) is 26.4 Å². The summed E-state index contributed by atoms with van der Waals surface area (Å²) in [5.41, 5.74) is 4.94. The van der Waals surface area contributed by atoms with Crippen LogP contribution in [0.2, 0.25) is 0 Å². The molecule has 0 atom stereocenters. The summed E-state index contributed by atoms with van der Waals surface area (Å²) in [6.07, 6.45) is 13.5. The van der Waals surface area contributed by atoms with Crippen molar-refractivity contribution in [1.82, 2.24) is 4.57 Å².